The zero-order chi connectivity index (χ0) is 37.0. The molecule has 6 aromatic rings. The summed E-state index contributed by atoms with van der Waals surface area (Å²) in [6.07, 6.45) is 4.34. The van der Waals surface area contributed by atoms with Crippen LogP contribution in [0.1, 0.15) is 75.6 Å². The fraction of sp³-hybridized carbons (Fsp3) is 0.265. The normalized spacial score (nSPS) is 12.6. The summed E-state index contributed by atoms with van der Waals surface area (Å²) in [5.74, 6) is 1.81. The van der Waals surface area contributed by atoms with Gasteiger partial charge in [0.25, 0.3) is 0 Å². The van der Waals surface area contributed by atoms with Crippen LogP contribution in [0.2, 0.25) is 0 Å². The van der Waals surface area contributed by atoms with Gasteiger partial charge in [-0.1, -0.05) is 88.1 Å². The molecule has 4 nitrogen and oxygen atoms in total. The number of rotatable bonds is 14. The molecule has 7 rings (SSSR count). The molecule has 270 valence electrons. The smallest absolute Gasteiger partial charge is 0.119 e. The standard InChI is InChI=1S/C49H52N2O2/c1-7-9-31-52-43-25-19-39(20-26-43)50(37-15-11-35(3)12-16-37)41-23-29-45-46-30-24-42(34-48(46)49(5,6)47(45)33-41)51(38-17-13-36(4)14-18-38)40-21-27-44(28-22-40)53-32-10-8-2/h11-30,33-34H,7-10,31-32H2,1-6H3. The molecule has 0 unspecified atom stereocenters. The average molecular weight is 701 g/mol. The van der Waals surface area contributed by atoms with Crippen molar-refractivity contribution in [2.24, 2.45) is 0 Å². The van der Waals surface area contributed by atoms with Gasteiger partial charge in [-0.05, 0) is 146 Å². The highest BCUT2D eigenvalue weighted by atomic mass is 16.5. The fourth-order valence-corrected chi connectivity index (χ4v) is 7.33. The van der Waals surface area contributed by atoms with E-state index in [1.54, 1.807) is 0 Å². The molecule has 0 saturated heterocycles. The first-order valence-corrected chi connectivity index (χ1v) is 19.3. The van der Waals surface area contributed by atoms with Gasteiger partial charge in [-0.25, -0.2) is 0 Å². The molecular formula is C49H52N2O2. The van der Waals surface area contributed by atoms with Gasteiger partial charge in [-0.2, -0.15) is 0 Å². The zero-order valence-corrected chi connectivity index (χ0v) is 32.2. The van der Waals surface area contributed by atoms with Crippen molar-refractivity contribution < 1.29 is 9.47 Å². The average Bonchev–Trinajstić information content (AvgIpc) is 3.40. The van der Waals surface area contributed by atoms with Gasteiger partial charge in [0.15, 0.2) is 0 Å². The highest BCUT2D eigenvalue weighted by Gasteiger charge is 2.37. The van der Waals surface area contributed by atoms with E-state index in [-0.39, 0.29) is 5.41 Å². The van der Waals surface area contributed by atoms with Crippen LogP contribution in [-0.4, -0.2) is 13.2 Å². The van der Waals surface area contributed by atoms with E-state index in [4.69, 9.17) is 9.47 Å². The van der Waals surface area contributed by atoms with Crippen LogP contribution in [0.4, 0.5) is 34.1 Å². The maximum Gasteiger partial charge on any atom is 0.119 e. The minimum absolute atomic E-state index is 0.220. The number of fused-ring (bicyclic) bond motifs is 3. The van der Waals surface area contributed by atoms with Crippen molar-refractivity contribution >= 4 is 34.1 Å². The molecule has 6 aromatic carbocycles. The van der Waals surface area contributed by atoms with E-state index in [0.29, 0.717) is 0 Å². The van der Waals surface area contributed by atoms with Crippen molar-refractivity contribution in [3.63, 3.8) is 0 Å². The molecule has 0 aromatic heterocycles. The predicted octanol–water partition coefficient (Wildman–Crippen LogP) is 13.9. The molecule has 1 aliphatic carbocycles. The number of nitrogens with zero attached hydrogens (tertiary/aromatic N) is 2. The summed E-state index contributed by atoms with van der Waals surface area (Å²) in [6, 6.07) is 48.6. The number of unbranched alkanes of at least 4 members (excludes halogenated alkanes) is 2. The van der Waals surface area contributed by atoms with Crippen LogP contribution < -0.4 is 19.3 Å². The van der Waals surface area contributed by atoms with E-state index in [1.807, 2.05) is 0 Å². The number of ether oxygens (including phenoxy) is 2. The van der Waals surface area contributed by atoms with Crippen LogP contribution in [0.25, 0.3) is 11.1 Å². The molecule has 53 heavy (non-hydrogen) atoms. The summed E-state index contributed by atoms with van der Waals surface area (Å²) in [4.78, 5) is 4.71. The third-order valence-electron chi connectivity index (χ3n) is 10.5. The monoisotopic (exact) mass is 700 g/mol. The lowest BCUT2D eigenvalue weighted by Crippen LogP contribution is -2.17. The Morgan fingerprint density at radius 2 is 0.755 bits per heavy atom. The second-order valence-corrected chi connectivity index (χ2v) is 14.8. The first-order chi connectivity index (χ1) is 25.8. The fourth-order valence-electron chi connectivity index (χ4n) is 7.33. The van der Waals surface area contributed by atoms with Crippen LogP contribution in [0.15, 0.2) is 133 Å². The van der Waals surface area contributed by atoms with Gasteiger partial charge in [0.2, 0.25) is 0 Å². The number of anilines is 6. The Balaban J connectivity index is 1.25. The molecule has 0 saturated carbocycles. The minimum atomic E-state index is -0.220. The summed E-state index contributed by atoms with van der Waals surface area (Å²) < 4.78 is 12.0. The van der Waals surface area contributed by atoms with Crippen LogP contribution in [-0.2, 0) is 5.41 Å². The maximum atomic E-state index is 6.02. The Hall–Kier alpha value is -5.48. The van der Waals surface area contributed by atoms with E-state index < -0.39 is 0 Å². The Kier molecular flexibility index (Phi) is 10.6. The summed E-state index contributed by atoms with van der Waals surface area (Å²) in [7, 11) is 0. The van der Waals surface area contributed by atoms with Gasteiger partial charge in [-0.3, -0.25) is 0 Å². The quantitative estimate of drug-likeness (QED) is 0.106. The van der Waals surface area contributed by atoms with Crippen molar-refractivity contribution in [3.05, 3.63) is 156 Å². The summed E-state index contributed by atoms with van der Waals surface area (Å²) in [6.45, 7) is 14.9. The largest absolute Gasteiger partial charge is 0.494 e. The molecule has 0 radical (unpaired) electrons. The van der Waals surface area contributed by atoms with Gasteiger partial charge in [-0.15, -0.1) is 0 Å². The minimum Gasteiger partial charge on any atom is -0.494 e. The molecular weight excluding hydrogens is 649 g/mol. The van der Waals surface area contributed by atoms with E-state index in [1.165, 1.54) is 33.4 Å². The van der Waals surface area contributed by atoms with Crippen molar-refractivity contribution in [1.82, 2.24) is 0 Å². The second-order valence-electron chi connectivity index (χ2n) is 14.8. The van der Waals surface area contributed by atoms with Crippen LogP contribution >= 0.6 is 0 Å². The van der Waals surface area contributed by atoms with Crippen LogP contribution in [0.5, 0.6) is 11.5 Å². The summed E-state index contributed by atoms with van der Waals surface area (Å²) in [5, 5.41) is 0. The lowest BCUT2D eigenvalue weighted by Gasteiger charge is -2.29. The number of aryl methyl sites for hydroxylation is 2. The molecule has 0 fully saturated rings. The van der Waals surface area contributed by atoms with Gasteiger partial charge in [0.1, 0.15) is 11.5 Å². The number of benzene rings is 6. The molecule has 1 aliphatic rings. The zero-order valence-electron chi connectivity index (χ0n) is 32.2. The summed E-state index contributed by atoms with van der Waals surface area (Å²) >= 11 is 0. The van der Waals surface area contributed by atoms with E-state index >= 15 is 0 Å². The highest BCUT2D eigenvalue weighted by molar-refractivity contribution is 5.88. The third-order valence-corrected chi connectivity index (χ3v) is 10.5. The molecule has 0 atom stereocenters. The third kappa shape index (κ3) is 7.55. The first kappa shape index (κ1) is 35.9. The topological polar surface area (TPSA) is 24.9 Å². The Morgan fingerprint density at radius 3 is 1.09 bits per heavy atom. The number of hydrogen-bond acceptors (Lipinski definition) is 4. The van der Waals surface area contributed by atoms with E-state index in [9.17, 15) is 0 Å². The summed E-state index contributed by atoms with van der Waals surface area (Å²) in [5.41, 5.74) is 14.2. The van der Waals surface area contributed by atoms with Crippen molar-refractivity contribution in [3.8, 4) is 22.6 Å². The molecule has 0 heterocycles. The van der Waals surface area contributed by atoms with Crippen LogP contribution in [0.3, 0.4) is 0 Å². The van der Waals surface area contributed by atoms with Crippen molar-refractivity contribution in [2.75, 3.05) is 23.0 Å². The molecule has 0 amide bonds. The highest BCUT2D eigenvalue weighted by Crippen LogP contribution is 2.52. The Labute approximate surface area is 316 Å². The molecule has 0 spiro atoms. The van der Waals surface area contributed by atoms with E-state index in [0.717, 1.165) is 84.5 Å². The number of hydrogen-bond donors (Lipinski definition) is 0. The van der Waals surface area contributed by atoms with Gasteiger partial charge >= 0.3 is 0 Å². The van der Waals surface area contributed by atoms with Crippen molar-refractivity contribution in [2.45, 2.75) is 72.6 Å². The van der Waals surface area contributed by atoms with E-state index in [2.05, 4.69) is 185 Å². The molecule has 0 bridgehead atoms. The van der Waals surface area contributed by atoms with Gasteiger partial charge in [0, 0.05) is 39.5 Å². The Bertz CT molecular complexity index is 1980. The molecule has 4 heteroatoms. The first-order valence-electron chi connectivity index (χ1n) is 19.3. The molecule has 0 aliphatic heterocycles. The Morgan fingerprint density at radius 1 is 0.434 bits per heavy atom. The molecule has 0 N–H and O–H groups in total. The maximum absolute atomic E-state index is 6.02. The lowest BCUT2D eigenvalue weighted by atomic mass is 9.82. The predicted molar refractivity (Wildman–Crippen MR) is 224 cm³/mol. The lowest BCUT2D eigenvalue weighted by molar-refractivity contribution is 0.309. The van der Waals surface area contributed by atoms with Crippen molar-refractivity contribution in [1.29, 1.82) is 0 Å². The van der Waals surface area contributed by atoms with Gasteiger partial charge in [0.05, 0.1) is 13.2 Å². The SMILES string of the molecule is CCCCOc1ccc(N(c2ccc(C)cc2)c2ccc3c(c2)C(C)(C)c2cc(N(c4ccc(C)cc4)c4ccc(OCCCC)cc4)ccc2-3)cc1. The van der Waals surface area contributed by atoms with Gasteiger partial charge < -0.3 is 19.3 Å². The van der Waals surface area contributed by atoms with Crippen LogP contribution in [0, 0.1) is 13.8 Å². The second kappa shape index (κ2) is 15.6.